The molecule has 0 amide bonds. The van der Waals surface area contributed by atoms with Gasteiger partial charge >= 0.3 is 0 Å². The van der Waals surface area contributed by atoms with Gasteiger partial charge in [-0.2, -0.15) is 0 Å². The summed E-state index contributed by atoms with van der Waals surface area (Å²) in [5.41, 5.74) is 0.854. The molecule has 0 fully saturated rings. The quantitative estimate of drug-likeness (QED) is 0.728. The van der Waals surface area contributed by atoms with Crippen LogP contribution in [0.3, 0.4) is 0 Å². The highest BCUT2D eigenvalue weighted by Gasteiger charge is 2.07. The molecule has 0 bridgehead atoms. The Bertz CT molecular complexity index is 308. The van der Waals surface area contributed by atoms with E-state index < -0.39 is 6.10 Å². The molecule has 0 aliphatic carbocycles. The Morgan fingerprint density at radius 3 is 3.00 bits per heavy atom. The van der Waals surface area contributed by atoms with E-state index in [9.17, 15) is 5.11 Å². The van der Waals surface area contributed by atoms with Crippen molar-refractivity contribution in [1.82, 2.24) is 0 Å². The van der Waals surface area contributed by atoms with Crippen molar-refractivity contribution in [2.24, 2.45) is 0 Å². The van der Waals surface area contributed by atoms with Crippen molar-refractivity contribution in [3.63, 3.8) is 0 Å². The van der Waals surface area contributed by atoms with Gasteiger partial charge < -0.3 is 5.11 Å². The summed E-state index contributed by atoms with van der Waals surface area (Å²) in [5, 5.41) is 11.4. The minimum atomic E-state index is -0.499. The largest absolute Gasteiger partial charge is 0.387 e. The van der Waals surface area contributed by atoms with Crippen LogP contribution in [0.1, 0.15) is 25.0 Å². The molecule has 1 nitrogen and oxygen atoms in total. The van der Waals surface area contributed by atoms with Gasteiger partial charge in [0, 0.05) is 6.42 Å². The molecule has 1 aromatic rings. The summed E-state index contributed by atoms with van der Waals surface area (Å²) in [7, 11) is 0. The van der Waals surface area contributed by atoms with Crippen molar-refractivity contribution >= 4 is 22.9 Å². The van der Waals surface area contributed by atoms with Crippen molar-refractivity contribution in [2.45, 2.75) is 19.4 Å². The second-order valence-electron chi connectivity index (χ2n) is 2.33. The highest BCUT2D eigenvalue weighted by Crippen LogP contribution is 2.26. The summed E-state index contributed by atoms with van der Waals surface area (Å²) >= 11 is 7.13. The van der Waals surface area contributed by atoms with Crippen LogP contribution in [0.2, 0.25) is 4.34 Å². The van der Waals surface area contributed by atoms with E-state index in [0.29, 0.717) is 10.8 Å². The van der Waals surface area contributed by atoms with Crippen LogP contribution < -0.4 is 0 Å². The van der Waals surface area contributed by atoms with Gasteiger partial charge in [0.15, 0.2) is 0 Å². The van der Waals surface area contributed by atoms with Gasteiger partial charge in [-0.05, 0) is 23.9 Å². The van der Waals surface area contributed by atoms with Crippen molar-refractivity contribution in [3.05, 3.63) is 21.3 Å². The van der Waals surface area contributed by atoms with Crippen LogP contribution in [-0.2, 0) is 0 Å². The zero-order valence-electron chi connectivity index (χ0n) is 6.67. The van der Waals surface area contributed by atoms with E-state index in [1.165, 1.54) is 11.3 Å². The molecule has 0 aliphatic rings. The molecule has 12 heavy (non-hydrogen) atoms. The molecule has 1 atom stereocenters. The zero-order chi connectivity index (χ0) is 8.97. The van der Waals surface area contributed by atoms with E-state index in [2.05, 4.69) is 11.8 Å². The lowest BCUT2D eigenvalue weighted by atomic mass is 10.1. The SMILES string of the molecule is CC#CCC(O)c1csc(Cl)c1. The lowest BCUT2D eigenvalue weighted by Crippen LogP contribution is -1.92. The van der Waals surface area contributed by atoms with Crippen molar-refractivity contribution < 1.29 is 5.11 Å². The van der Waals surface area contributed by atoms with Crippen LogP contribution in [0.5, 0.6) is 0 Å². The van der Waals surface area contributed by atoms with Gasteiger partial charge in [0.1, 0.15) is 0 Å². The maximum absolute atomic E-state index is 9.51. The van der Waals surface area contributed by atoms with Crippen LogP contribution in [0.25, 0.3) is 0 Å². The molecule has 0 aliphatic heterocycles. The number of halogens is 1. The Hall–Kier alpha value is -0.490. The van der Waals surface area contributed by atoms with E-state index in [-0.39, 0.29) is 0 Å². The standard InChI is InChI=1S/C9H9ClOS/c1-2-3-4-8(11)7-5-9(10)12-6-7/h5-6,8,11H,4H2,1H3. The van der Waals surface area contributed by atoms with Gasteiger partial charge in [0.2, 0.25) is 0 Å². The van der Waals surface area contributed by atoms with E-state index >= 15 is 0 Å². The van der Waals surface area contributed by atoms with Crippen LogP contribution in [0.4, 0.5) is 0 Å². The lowest BCUT2D eigenvalue weighted by Gasteiger charge is -2.01. The Morgan fingerprint density at radius 2 is 2.50 bits per heavy atom. The predicted octanol–water partition coefficient (Wildman–Crippen LogP) is 2.85. The smallest absolute Gasteiger partial charge is 0.0932 e. The molecular weight excluding hydrogens is 192 g/mol. The lowest BCUT2D eigenvalue weighted by molar-refractivity contribution is 0.184. The number of rotatable bonds is 2. The van der Waals surface area contributed by atoms with E-state index in [0.717, 1.165) is 5.56 Å². The number of aliphatic hydroxyl groups is 1. The maximum Gasteiger partial charge on any atom is 0.0932 e. The van der Waals surface area contributed by atoms with Gasteiger partial charge in [-0.15, -0.1) is 23.2 Å². The van der Waals surface area contributed by atoms with E-state index in [1.807, 2.05) is 5.38 Å². The second-order valence-corrected chi connectivity index (χ2v) is 3.87. The number of hydrogen-bond acceptors (Lipinski definition) is 2. The molecule has 64 valence electrons. The summed E-state index contributed by atoms with van der Waals surface area (Å²) in [5.74, 6) is 5.55. The molecular formula is C9H9ClOS. The van der Waals surface area contributed by atoms with Crippen LogP contribution in [0, 0.1) is 11.8 Å². The highest BCUT2D eigenvalue weighted by atomic mass is 35.5. The van der Waals surface area contributed by atoms with Crippen LogP contribution in [0.15, 0.2) is 11.4 Å². The normalized spacial score (nSPS) is 11.9. The molecule has 1 heterocycles. The Balaban J connectivity index is 2.62. The first-order valence-corrected chi connectivity index (χ1v) is 4.81. The number of aliphatic hydroxyl groups excluding tert-OH is 1. The zero-order valence-corrected chi connectivity index (χ0v) is 8.25. The average molecular weight is 201 g/mol. The fourth-order valence-electron chi connectivity index (χ4n) is 0.815. The Kier molecular flexibility index (Phi) is 3.61. The molecule has 1 N–H and O–H groups in total. The summed E-state index contributed by atoms with van der Waals surface area (Å²) in [6.07, 6.45) is -0.0231. The van der Waals surface area contributed by atoms with Crippen LogP contribution in [-0.4, -0.2) is 5.11 Å². The third-order valence-corrected chi connectivity index (χ3v) is 2.55. The molecule has 1 rings (SSSR count). The van der Waals surface area contributed by atoms with Crippen molar-refractivity contribution in [3.8, 4) is 11.8 Å². The monoisotopic (exact) mass is 200 g/mol. The summed E-state index contributed by atoms with van der Waals surface area (Å²) in [6.45, 7) is 1.76. The average Bonchev–Trinajstić information content (AvgIpc) is 2.47. The molecule has 0 radical (unpaired) electrons. The summed E-state index contributed by atoms with van der Waals surface area (Å²) in [4.78, 5) is 0. The van der Waals surface area contributed by atoms with Gasteiger partial charge in [-0.25, -0.2) is 0 Å². The Morgan fingerprint density at radius 1 is 1.75 bits per heavy atom. The molecule has 1 aromatic heterocycles. The molecule has 0 spiro atoms. The van der Waals surface area contributed by atoms with E-state index in [4.69, 9.17) is 11.6 Å². The fraction of sp³-hybridized carbons (Fsp3) is 0.333. The van der Waals surface area contributed by atoms with Gasteiger partial charge in [0.05, 0.1) is 10.4 Å². The number of thiophene rings is 1. The topological polar surface area (TPSA) is 20.2 Å². The third-order valence-electron chi connectivity index (χ3n) is 1.44. The summed E-state index contributed by atoms with van der Waals surface area (Å²) in [6, 6.07) is 1.77. The van der Waals surface area contributed by atoms with Crippen molar-refractivity contribution in [1.29, 1.82) is 0 Å². The molecule has 0 aromatic carbocycles. The van der Waals surface area contributed by atoms with Gasteiger partial charge in [-0.3, -0.25) is 0 Å². The first-order chi connectivity index (χ1) is 5.74. The molecule has 0 saturated carbocycles. The minimum absolute atomic E-state index is 0.476. The van der Waals surface area contributed by atoms with Gasteiger partial charge in [-0.1, -0.05) is 11.6 Å². The minimum Gasteiger partial charge on any atom is -0.387 e. The Labute approximate surface area is 81.0 Å². The number of hydrogen-bond donors (Lipinski definition) is 1. The molecule has 3 heteroatoms. The third kappa shape index (κ3) is 2.53. The summed E-state index contributed by atoms with van der Waals surface area (Å²) < 4.78 is 0.702. The predicted molar refractivity (Wildman–Crippen MR) is 52.4 cm³/mol. The molecule has 1 unspecified atom stereocenters. The molecule has 0 saturated heterocycles. The first-order valence-electron chi connectivity index (χ1n) is 3.55. The second kappa shape index (κ2) is 4.51. The van der Waals surface area contributed by atoms with Crippen molar-refractivity contribution in [2.75, 3.05) is 0 Å². The first kappa shape index (κ1) is 9.60. The highest BCUT2D eigenvalue weighted by molar-refractivity contribution is 7.14. The van der Waals surface area contributed by atoms with E-state index in [1.54, 1.807) is 13.0 Å². The fourth-order valence-corrected chi connectivity index (χ4v) is 1.75. The van der Waals surface area contributed by atoms with Crippen LogP contribution >= 0.6 is 22.9 Å². The van der Waals surface area contributed by atoms with Gasteiger partial charge in [0.25, 0.3) is 0 Å². The maximum atomic E-state index is 9.51.